The summed E-state index contributed by atoms with van der Waals surface area (Å²) >= 11 is 1.43. The lowest BCUT2D eigenvalue weighted by molar-refractivity contribution is 0.478. The molecule has 0 radical (unpaired) electrons. The summed E-state index contributed by atoms with van der Waals surface area (Å²) < 4.78 is 47.2. The molecule has 0 amide bonds. The number of hydrogen-bond donors (Lipinski definition) is 1. The molecule has 0 saturated heterocycles. The monoisotopic (exact) mass is 318 g/mol. The van der Waals surface area contributed by atoms with Crippen molar-refractivity contribution < 1.29 is 20.4 Å². The quantitative estimate of drug-likeness (QED) is 0.667. The van der Waals surface area contributed by atoms with Crippen molar-refractivity contribution in [1.29, 1.82) is 0 Å². The molecule has 0 saturated carbocycles. The zero-order valence-corrected chi connectivity index (χ0v) is 9.04. The van der Waals surface area contributed by atoms with Gasteiger partial charge in [-0.05, 0) is 18.2 Å². The van der Waals surface area contributed by atoms with Gasteiger partial charge < -0.3 is 3.07 Å². The highest BCUT2D eigenvalue weighted by atomic mass is 127. The van der Waals surface area contributed by atoms with Crippen LogP contribution in [0.5, 0.6) is 5.75 Å². The maximum Gasteiger partial charge on any atom is 0.298 e. The Labute approximate surface area is 88.2 Å². The molecule has 0 heterocycles. The summed E-state index contributed by atoms with van der Waals surface area (Å²) in [6.07, 6.45) is 0. The molecular formula is C6H4FIO4S. The van der Waals surface area contributed by atoms with E-state index in [1.54, 1.807) is 0 Å². The van der Waals surface area contributed by atoms with Gasteiger partial charge in [0.25, 0.3) is 10.1 Å². The predicted molar refractivity (Wildman–Crippen MR) is 50.9 cm³/mol. The smallest absolute Gasteiger partial charge is 0.298 e. The van der Waals surface area contributed by atoms with Gasteiger partial charge in [0.1, 0.15) is 10.7 Å². The lowest BCUT2D eigenvalue weighted by Gasteiger charge is -2.02. The van der Waals surface area contributed by atoms with Crippen LogP contribution < -0.4 is 3.07 Å². The summed E-state index contributed by atoms with van der Waals surface area (Å²) in [6.45, 7) is 0. The normalized spacial score (nSPS) is 11.3. The van der Waals surface area contributed by atoms with E-state index < -0.39 is 20.8 Å². The van der Waals surface area contributed by atoms with Crippen LogP contribution in [0.4, 0.5) is 4.39 Å². The number of hydrogen-bond acceptors (Lipinski definition) is 3. The van der Waals surface area contributed by atoms with Crippen molar-refractivity contribution in [3.05, 3.63) is 24.0 Å². The van der Waals surface area contributed by atoms with Gasteiger partial charge in [-0.25, -0.2) is 4.39 Å². The lowest BCUT2D eigenvalue weighted by atomic mass is 10.3. The molecular weight excluding hydrogens is 314 g/mol. The summed E-state index contributed by atoms with van der Waals surface area (Å²) in [5.41, 5.74) is 0. The molecule has 0 bridgehead atoms. The van der Waals surface area contributed by atoms with Crippen molar-refractivity contribution in [1.82, 2.24) is 0 Å². The van der Waals surface area contributed by atoms with E-state index in [1.807, 2.05) is 0 Å². The summed E-state index contributed by atoms with van der Waals surface area (Å²) in [4.78, 5) is -0.582. The van der Waals surface area contributed by atoms with Gasteiger partial charge in [-0.2, -0.15) is 8.42 Å². The molecule has 0 unspecified atom stereocenters. The summed E-state index contributed by atoms with van der Waals surface area (Å²) in [5.74, 6) is -0.866. The fourth-order valence-corrected chi connectivity index (χ4v) is 1.91. The van der Waals surface area contributed by atoms with Gasteiger partial charge in [0.2, 0.25) is 0 Å². The third-order valence-corrected chi connectivity index (χ3v) is 2.62. The first-order valence-corrected chi connectivity index (χ1v) is 5.33. The van der Waals surface area contributed by atoms with Crippen LogP contribution >= 0.6 is 23.0 Å². The van der Waals surface area contributed by atoms with Crippen LogP contribution in [0.15, 0.2) is 23.1 Å². The van der Waals surface area contributed by atoms with Crippen LogP contribution in [0.25, 0.3) is 0 Å². The summed E-state index contributed by atoms with van der Waals surface area (Å²) in [7, 11) is -4.44. The van der Waals surface area contributed by atoms with Gasteiger partial charge in [-0.15, -0.1) is 0 Å². The van der Waals surface area contributed by atoms with Crippen LogP contribution in [0.2, 0.25) is 0 Å². The molecule has 0 fully saturated rings. The van der Waals surface area contributed by atoms with Crippen molar-refractivity contribution in [2.24, 2.45) is 0 Å². The number of benzene rings is 1. The van der Waals surface area contributed by atoms with E-state index in [0.29, 0.717) is 6.07 Å². The van der Waals surface area contributed by atoms with E-state index in [-0.39, 0.29) is 5.75 Å². The summed E-state index contributed by atoms with van der Waals surface area (Å²) in [5, 5.41) is 0. The molecule has 1 aromatic carbocycles. The molecule has 13 heavy (non-hydrogen) atoms. The Balaban J connectivity index is 3.41. The molecule has 1 rings (SSSR count). The Morgan fingerprint density at radius 1 is 1.46 bits per heavy atom. The highest BCUT2D eigenvalue weighted by Crippen LogP contribution is 2.25. The molecule has 7 heteroatoms. The third kappa shape index (κ3) is 2.51. The largest absolute Gasteiger partial charge is 0.426 e. The van der Waals surface area contributed by atoms with Crippen molar-refractivity contribution in [2.75, 3.05) is 0 Å². The lowest BCUT2D eigenvalue weighted by Crippen LogP contribution is -2.00. The average Bonchev–Trinajstić information content (AvgIpc) is 2.03. The Kier molecular flexibility index (Phi) is 3.09. The molecule has 0 aliphatic carbocycles. The molecule has 0 aliphatic rings. The fraction of sp³-hybridized carbons (Fsp3) is 0. The van der Waals surface area contributed by atoms with Crippen molar-refractivity contribution in [3.8, 4) is 5.75 Å². The van der Waals surface area contributed by atoms with Crippen molar-refractivity contribution in [2.45, 2.75) is 4.90 Å². The fourth-order valence-electron chi connectivity index (χ4n) is 0.747. The minimum Gasteiger partial charge on any atom is -0.426 e. The number of halogens is 2. The maximum absolute atomic E-state index is 12.6. The van der Waals surface area contributed by atoms with Crippen LogP contribution in [-0.4, -0.2) is 13.0 Å². The molecule has 1 aromatic rings. The zero-order valence-electron chi connectivity index (χ0n) is 6.07. The zero-order chi connectivity index (χ0) is 10.1. The third-order valence-electron chi connectivity index (χ3n) is 1.27. The Hall–Kier alpha value is -0.410. The van der Waals surface area contributed by atoms with Gasteiger partial charge in [0.05, 0.1) is 0 Å². The molecule has 1 N–H and O–H groups in total. The average molecular weight is 318 g/mol. The van der Waals surface area contributed by atoms with Gasteiger partial charge in [0, 0.05) is 0 Å². The highest BCUT2D eigenvalue weighted by molar-refractivity contribution is 14.1. The number of rotatable bonds is 2. The van der Waals surface area contributed by atoms with Crippen molar-refractivity contribution >= 4 is 33.1 Å². The minimum atomic E-state index is -4.44. The molecule has 4 nitrogen and oxygen atoms in total. The Bertz CT molecular complexity index is 417. The van der Waals surface area contributed by atoms with Crippen LogP contribution in [0.3, 0.4) is 0 Å². The first-order chi connectivity index (χ1) is 5.95. The standard InChI is InChI=1S/C6H4FIO4S/c7-4-1-2-5(12-8)6(3-4)13(9,10)11/h1-3H,(H,9,10,11). The van der Waals surface area contributed by atoms with Crippen molar-refractivity contribution in [3.63, 3.8) is 0 Å². The van der Waals surface area contributed by atoms with E-state index in [4.69, 9.17) is 4.55 Å². The van der Waals surface area contributed by atoms with Gasteiger partial charge >= 0.3 is 0 Å². The van der Waals surface area contributed by atoms with Crippen LogP contribution in [-0.2, 0) is 10.1 Å². The second-order valence-electron chi connectivity index (χ2n) is 2.14. The molecule has 72 valence electrons. The van der Waals surface area contributed by atoms with Gasteiger partial charge in [-0.1, -0.05) is 0 Å². The van der Waals surface area contributed by atoms with E-state index in [9.17, 15) is 12.8 Å². The first-order valence-electron chi connectivity index (χ1n) is 3.01. The van der Waals surface area contributed by atoms with Crippen LogP contribution in [0, 0.1) is 5.82 Å². The van der Waals surface area contributed by atoms with E-state index in [2.05, 4.69) is 3.07 Å². The maximum atomic E-state index is 12.6. The summed E-state index contributed by atoms with van der Waals surface area (Å²) in [6, 6.07) is 2.83. The predicted octanol–water partition coefficient (Wildman–Crippen LogP) is 1.80. The SMILES string of the molecule is O=S(=O)(O)c1cc(F)ccc1OI. The van der Waals surface area contributed by atoms with Gasteiger partial charge in [0.15, 0.2) is 28.8 Å². The van der Waals surface area contributed by atoms with Gasteiger partial charge in [-0.3, -0.25) is 4.55 Å². The molecule has 0 atom stereocenters. The molecule has 0 spiro atoms. The first kappa shape index (κ1) is 10.7. The minimum absolute atomic E-state index is 0.107. The topological polar surface area (TPSA) is 63.6 Å². The van der Waals surface area contributed by atoms with E-state index in [1.165, 1.54) is 23.0 Å². The van der Waals surface area contributed by atoms with E-state index >= 15 is 0 Å². The van der Waals surface area contributed by atoms with Crippen LogP contribution in [0.1, 0.15) is 0 Å². The highest BCUT2D eigenvalue weighted by Gasteiger charge is 2.17. The Morgan fingerprint density at radius 2 is 2.08 bits per heavy atom. The molecule has 0 aliphatic heterocycles. The second-order valence-corrected chi connectivity index (χ2v) is 3.97. The Morgan fingerprint density at radius 3 is 2.54 bits per heavy atom. The molecule has 0 aromatic heterocycles. The van der Waals surface area contributed by atoms with E-state index in [0.717, 1.165) is 12.1 Å². The second kappa shape index (κ2) is 3.76.